The van der Waals surface area contributed by atoms with E-state index in [2.05, 4.69) is 33.6 Å². The Hall–Kier alpha value is -4.04. The Kier molecular flexibility index (Phi) is 7.11. The number of pyridine rings is 1. The Morgan fingerprint density at radius 1 is 1.05 bits per heavy atom. The fourth-order valence-corrected chi connectivity index (χ4v) is 5.65. The number of aromatic nitrogens is 3. The highest BCUT2D eigenvalue weighted by molar-refractivity contribution is 6.07. The number of benzene rings is 2. The van der Waals surface area contributed by atoms with Crippen LogP contribution in [0, 0.1) is 12.8 Å². The summed E-state index contributed by atoms with van der Waals surface area (Å²) in [6, 6.07) is 16.3. The van der Waals surface area contributed by atoms with Crippen LogP contribution in [-0.4, -0.2) is 46.5 Å². The summed E-state index contributed by atoms with van der Waals surface area (Å²) in [5, 5.41) is 8.82. The summed E-state index contributed by atoms with van der Waals surface area (Å²) in [6.45, 7) is 6.81. The van der Waals surface area contributed by atoms with Gasteiger partial charge in [0.1, 0.15) is 5.75 Å². The van der Waals surface area contributed by atoms with Gasteiger partial charge in [-0.15, -0.1) is 0 Å². The number of hydrogen-bond donors (Lipinski definition) is 2. The molecule has 4 aromatic rings. The maximum absolute atomic E-state index is 13.0. The number of rotatable bonds is 7. The van der Waals surface area contributed by atoms with Crippen LogP contribution in [0.2, 0.25) is 0 Å². The second-order valence-corrected chi connectivity index (χ2v) is 10.4. The van der Waals surface area contributed by atoms with Crippen molar-refractivity contribution >= 4 is 28.3 Å². The molecule has 8 nitrogen and oxygen atoms in total. The van der Waals surface area contributed by atoms with E-state index in [-0.39, 0.29) is 11.8 Å². The summed E-state index contributed by atoms with van der Waals surface area (Å²) in [5.74, 6) is 2.11. The first-order valence-corrected chi connectivity index (χ1v) is 13.9. The number of anilines is 2. The first kappa shape index (κ1) is 25.2. The first-order valence-electron chi connectivity index (χ1n) is 13.9. The summed E-state index contributed by atoms with van der Waals surface area (Å²) < 4.78 is 6.58. The molecule has 6 rings (SSSR count). The number of aryl methyl sites for hydroxylation is 1. The van der Waals surface area contributed by atoms with Gasteiger partial charge in [0.25, 0.3) is 0 Å². The molecule has 2 aromatic carbocycles. The molecule has 0 bridgehead atoms. The molecule has 0 aliphatic carbocycles. The SMILES string of the molecule is CCC1CCN(c2cccc3c(Oc4ncccc4-c4ccnc(NC5CCCNC5)n4)c(C)ccc23)C1=O. The van der Waals surface area contributed by atoms with E-state index in [1.165, 1.54) is 0 Å². The molecule has 2 unspecified atom stereocenters. The van der Waals surface area contributed by atoms with Crippen LogP contribution in [0.15, 0.2) is 60.9 Å². The minimum absolute atomic E-state index is 0.0964. The van der Waals surface area contributed by atoms with Gasteiger partial charge in [0.15, 0.2) is 0 Å². The van der Waals surface area contributed by atoms with E-state index in [0.29, 0.717) is 17.9 Å². The fraction of sp³-hybridized carbons (Fsp3) is 0.355. The zero-order chi connectivity index (χ0) is 26.8. The lowest BCUT2D eigenvalue weighted by Crippen LogP contribution is -2.38. The second-order valence-electron chi connectivity index (χ2n) is 10.4. The van der Waals surface area contributed by atoms with Gasteiger partial charge >= 0.3 is 0 Å². The lowest BCUT2D eigenvalue weighted by Gasteiger charge is -2.23. The summed E-state index contributed by atoms with van der Waals surface area (Å²) >= 11 is 0. The standard InChI is InChI=1S/C31H34N6O2/c1-3-21-14-18-37(30(21)38)27-10-4-8-24-23(27)12-11-20(2)28(24)39-29-25(9-6-16-33-29)26-13-17-34-31(36-26)35-22-7-5-15-32-19-22/h4,6,8-13,16-17,21-22,32H,3,5,7,14-15,18-19H2,1-2H3,(H,34,35,36). The van der Waals surface area contributed by atoms with Crippen molar-refractivity contribution in [2.45, 2.75) is 45.6 Å². The topological polar surface area (TPSA) is 92.3 Å². The van der Waals surface area contributed by atoms with Gasteiger partial charge < -0.3 is 20.3 Å². The van der Waals surface area contributed by atoms with Crippen molar-refractivity contribution in [2.24, 2.45) is 5.92 Å². The number of amides is 1. The third-order valence-corrected chi connectivity index (χ3v) is 7.82. The molecule has 0 radical (unpaired) electrons. The normalized spacial score (nSPS) is 19.4. The predicted octanol–water partition coefficient (Wildman–Crippen LogP) is 5.72. The highest BCUT2D eigenvalue weighted by Crippen LogP contribution is 2.40. The number of nitrogens with one attached hydrogen (secondary N) is 2. The monoisotopic (exact) mass is 522 g/mol. The maximum Gasteiger partial charge on any atom is 0.230 e. The highest BCUT2D eigenvalue weighted by atomic mass is 16.5. The molecular formula is C31H34N6O2. The molecule has 2 aliphatic heterocycles. The van der Waals surface area contributed by atoms with Gasteiger partial charge in [-0.3, -0.25) is 4.79 Å². The zero-order valence-electron chi connectivity index (χ0n) is 22.5. The van der Waals surface area contributed by atoms with E-state index < -0.39 is 0 Å². The van der Waals surface area contributed by atoms with Crippen molar-refractivity contribution in [3.8, 4) is 22.9 Å². The van der Waals surface area contributed by atoms with E-state index in [0.717, 1.165) is 84.3 Å². The largest absolute Gasteiger partial charge is 0.437 e. The van der Waals surface area contributed by atoms with Gasteiger partial charge in [0.2, 0.25) is 17.7 Å². The summed E-state index contributed by atoms with van der Waals surface area (Å²) in [6.07, 6.45) is 7.48. The Bertz CT molecular complexity index is 1500. The van der Waals surface area contributed by atoms with Crippen LogP contribution in [0.3, 0.4) is 0 Å². The van der Waals surface area contributed by atoms with Crippen LogP contribution >= 0.6 is 0 Å². The first-order chi connectivity index (χ1) is 19.1. The zero-order valence-corrected chi connectivity index (χ0v) is 22.5. The number of hydrogen-bond acceptors (Lipinski definition) is 7. The number of piperidine rings is 1. The van der Waals surface area contributed by atoms with E-state index in [1.807, 2.05) is 54.3 Å². The molecule has 2 atom stereocenters. The van der Waals surface area contributed by atoms with Crippen LogP contribution in [0.25, 0.3) is 22.0 Å². The summed E-state index contributed by atoms with van der Waals surface area (Å²) in [7, 11) is 0. The van der Waals surface area contributed by atoms with Gasteiger partial charge in [-0.2, -0.15) is 0 Å². The molecule has 0 saturated carbocycles. The summed E-state index contributed by atoms with van der Waals surface area (Å²) in [5.41, 5.74) is 3.46. The third-order valence-electron chi connectivity index (χ3n) is 7.82. The fourth-order valence-electron chi connectivity index (χ4n) is 5.65. The molecule has 4 heterocycles. The van der Waals surface area contributed by atoms with Crippen molar-refractivity contribution < 1.29 is 9.53 Å². The molecule has 2 aliphatic rings. The quantitative estimate of drug-likeness (QED) is 0.321. The van der Waals surface area contributed by atoms with Crippen molar-refractivity contribution in [2.75, 3.05) is 29.9 Å². The minimum Gasteiger partial charge on any atom is -0.437 e. The Morgan fingerprint density at radius 3 is 2.79 bits per heavy atom. The number of carbonyl (C=O) groups excluding carboxylic acids is 1. The van der Waals surface area contributed by atoms with Gasteiger partial charge in [-0.05, 0) is 69.0 Å². The molecule has 8 heteroatoms. The van der Waals surface area contributed by atoms with E-state index in [1.54, 1.807) is 12.4 Å². The van der Waals surface area contributed by atoms with E-state index in [9.17, 15) is 4.79 Å². The highest BCUT2D eigenvalue weighted by Gasteiger charge is 2.32. The molecule has 2 saturated heterocycles. The van der Waals surface area contributed by atoms with Crippen LogP contribution in [0.5, 0.6) is 11.6 Å². The summed E-state index contributed by atoms with van der Waals surface area (Å²) in [4.78, 5) is 28.8. The van der Waals surface area contributed by atoms with Gasteiger partial charge in [-0.25, -0.2) is 15.0 Å². The molecule has 0 spiro atoms. The van der Waals surface area contributed by atoms with Crippen molar-refractivity contribution in [3.05, 3.63) is 66.5 Å². The van der Waals surface area contributed by atoms with Crippen molar-refractivity contribution in [3.63, 3.8) is 0 Å². The van der Waals surface area contributed by atoms with Crippen LogP contribution < -0.4 is 20.3 Å². The predicted molar refractivity (Wildman–Crippen MR) is 154 cm³/mol. The third kappa shape index (κ3) is 5.04. The molecule has 2 N–H and O–H groups in total. The molecule has 2 fully saturated rings. The van der Waals surface area contributed by atoms with E-state index >= 15 is 0 Å². The number of ether oxygens (including phenoxy) is 1. The van der Waals surface area contributed by atoms with Gasteiger partial charge in [0, 0.05) is 48.2 Å². The molecule has 200 valence electrons. The number of fused-ring (bicyclic) bond motifs is 1. The lowest BCUT2D eigenvalue weighted by molar-refractivity contribution is -0.120. The second kappa shape index (κ2) is 11.0. The minimum atomic E-state index is 0.0964. The van der Waals surface area contributed by atoms with Crippen molar-refractivity contribution in [1.29, 1.82) is 0 Å². The van der Waals surface area contributed by atoms with E-state index in [4.69, 9.17) is 9.72 Å². The Morgan fingerprint density at radius 2 is 1.97 bits per heavy atom. The van der Waals surface area contributed by atoms with Crippen LogP contribution in [0.1, 0.15) is 38.2 Å². The average molecular weight is 523 g/mol. The van der Waals surface area contributed by atoms with Gasteiger partial charge in [-0.1, -0.05) is 31.2 Å². The van der Waals surface area contributed by atoms with Crippen LogP contribution in [0.4, 0.5) is 11.6 Å². The van der Waals surface area contributed by atoms with Gasteiger partial charge in [0.05, 0.1) is 16.9 Å². The molecular weight excluding hydrogens is 488 g/mol. The molecule has 39 heavy (non-hydrogen) atoms. The molecule has 2 aromatic heterocycles. The van der Waals surface area contributed by atoms with Crippen molar-refractivity contribution in [1.82, 2.24) is 20.3 Å². The number of carbonyl (C=O) groups is 1. The average Bonchev–Trinajstić information content (AvgIpc) is 3.35. The maximum atomic E-state index is 13.0. The molecule has 1 amide bonds. The Labute approximate surface area is 228 Å². The smallest absolute Gasteiger partial charge is 0.230 e. The van der Waals surface area contributed by atoms with Crippen LogP contribution in [-0.2, 0) is 4.79 Å². The number of nitrogens with zero attached hydrogens (tertiary/aromatic N) is 4. The Balaban J connectivity index is 1.34. The lowest BCUT2D eigenvalue weighted by atomic mass is 10.0.